The van der Waals surface area contributed by atoms with Crippen molar-refractivity contribution in [2.75, 3.05) is 18.9 Å². The number of unbranched alkanes of at least 4 members (excludes halogenated alkanes) is 3. The highest BCUT2D eigenvalue weighted by Gasteiger charge is 2.43. The number of aliphatic hydroxyl groups is 4. The second kappa shape index (κ2) is 9.12. The van der Waals surface area contributed by atoms with Crippen LogP contribution in [0.5, 0.6) is 0 Å². The minimum Gasteiger partial charge on any atom is -0.394 e. The monoisotopic (exact) mass is 295 g/mol. The average molecular weight is 295 g/mol. The van der Waals surface area contributed by atoms with Gasteiger partial charge < -0.3 is 30.9 Å². The Morgan fingerprint density at radius 2 is 1.63 bits per heavy atom. The number of thioether (sulfide) groups is 1. The van der Waals surface area contributed by atoms with Gasteiger partial charge in [-0.3, -0.25) is 0 Å². The zero-order valence-electron chi connectivity index (χ0n) is 11.0. The fourth-order valence-electron chi connectivity index (χ4n) is 2.00. The first-order valence-corrected chi connectivity index (χ1v) is 7.79. The molecule has 1 fully saturated rings. The summed E-state index contributed by atoms with van der Waals surface area (Å²) in [5.41, 5.74) is 4.80. The molecule has 0 amide bonds. The Bertz CT molecular complexity index is 244. The van der Waals surface area contributed by atoms with Crippen LogP contribution < -0.4 is 5.73 Å². The van der Waals surface area contributed by atoms with Crippen molar-refractivity contribution in [3.05, 3.63) is 0 Å². The SMILES string of the molecule is NCCCCCCSC1O[C@H](CO)[C@@H](O)[C@H](O)[C@@H]1O. The quantitative estimate of drug-likeness (QED) is 0.366. The smallest absolute Gasteiger partial charge is 0.132 e. The Morgan fingerprint density at radius 3 is 2.26 bits per heavy atom. The van der Waals surface area contributed by atoms with E-state index in [0.29, 0.717) is 6.54 Å². The molecule has 0 aromatic rings. The summed E-state index contributed by atoms with van der Waals surface area (Å²) in [5.74, 6) is 0.799. The first kappa shape index (κ1) is 17.2. The molecule has 5 atom stereocenters. The lowest BCUT2D eigenvalue weighted by Gasteiger charge is -2.39. The molecule has 0 bridgehead atoms. The maximum absolute atomic E-state index is 9.81. The lowest BCUT2D eigenvalue weighted by atomic mass is 10.0. The van der Waals surface area contributed by atoms with E-state index in [1.807, 2.05) is 0 Å². The Morgan fingerprint density at radius 1 is 0.947 bits per heavy atom. The van der Waals surface area contributed by atoms with Gasteiger partial charge in [-0.2, -0.15) is 0 Å². The number of rotatable bonds is 8. The van der Waals surface area contributed by atoms with Gasteiger partial charge in [-0.15, -0.1) is 11.8 Å². The average Bonchev–Trinajstić information content (AvgIpc) is 2.42. The molecule has 0 radical (unpaired) electrons. The summed E-state index contributed by atoms with van der Waals surface area (Å²) in [6.45, 7) is 0.332. The van der Waals surface area contributed by atoms with Gasteiger partial charge in [0.15, 0.2) is 0 Å². The van der Waals surface area contributed by atoms with E-state index in [1.54, 1.807) is 0 Å². The first-order valence-electron chi connectivity index (χ1n) is 6.74. The van der Waals surface area contributed by atoms with E-state index in [2.05, 4.69) is 0 Å². The van der Waals surface area contributed by atoms with Crippen LogP contribution in [0.1, 0.15) is 25.7 Å². The van der Waals surface area contributed by atoms with E-state index < -0.39 is 29.9 Å². The van der Waals surface area contributed by atoms with E-state index in [9.17, 15) is 15.3 Å². The van der Waals surface area contributed by atoms with E-state index >= 15 is 0 Å². The standard InChI is InChI=1S/C12H25NO5S/c13-5-3-1-2-4-6-19-12-11(17)10(16)9(15)8(7-14)18-12/h8-12,14-17H,1-7,13H2/t8-,9-,10+,11+,12?/m1/s1. The van der Waals surface area contributed by atoms with E-state index in [1.165, 1.54) is 11.8 Å². The van der Waals surface area contributed by atoms with Crippen molar-refractivity contribution in [2.24, 2.45) is 5.73 Å². The van der Waals surface area contributed by atoms with Crippen molar-refractivity contribution in [3.63, 3.8) is 0 Å². The number of ether oxygens (including phenoxy) is 1. The molecule has 1 saturated heterocycles. The van der Waals surface area contributed by atoms with E-state index in [0.717, 1.165) is 31.4 Å². The summed E-state index contributed by atoms with van der Waals surface area (Å²) in [6, 6.07) is 0. The molecule has 0 saturated carbocycles. The van der Waals surface area contributed by atoms with Crippen LogP contribution in [-0.4, -0.2) is 69.2 Å². The highest BCUT2D eigenvalue weighted by molar-refractivity contribution is 7.99. The minimum atomic E-state index is -1.28. The van der Waals surface area contributed by atoms with Crippen molar-refractivity contribution < 1.29 is 25.2 Å². The molecule has 1 unspecified atom stereocenters. The summed E-state index contributed by atoms with van der Waals surface area (Å²) in [6.07, 6.45) is -0.334. The van der Waals surface area contributed by atoms with E-state index in [4.69, 9.17) is 15.6 Å². The normalized spacial score (nSPS) is 35.5. The zero-order chi connectivity index (χ0) is 14.3. The molecule has 1 aliphatic rings. The molecule has 6 nitrogen and oxygen atoms in total. The summed E-state index contributed by atoms with van der Waals surface area (Å²) < 4.78 is 5.39. The molecule has 1 rings (SSSR count). The van der Waals surface area contributed by atoms with Crippen molar-refractivity contribution in [3.8, 4) is 0 Å². The first-order chi connectivity index (χ1) is 9.11. The minimum absolute atomic E-state index is 0.376. The van der Waals surface area contributed by atoms with Gasteiger partial charge >= 0.3 is 0 Å². The summed E-state index contributed by atoms with van der Waals surface area (Å²) in [7, 11) is 0. The van der Waals surface area contributed by atoms with Crippen molar-refractivity contribution in [1.82, 2.24) is 0 Å². The Kier molecular flexibility index (Phi) is 8.24. The molecule has 7 heteroatoms. The van der Waals surface area contributed by atoms with Gasteiger partial charge in [0.05, 0.1) is 6.61 Å². The van der Waals surface area contributed by atoms with Gasteiger partial charge in [-0.1, -0.05) is 12.8 Å². The number of nitrogens with two attached hydrogens (primary N) is 1. The molecule has 19 heavy (non-hydrogen) atoms. The van der Waals surface area contributed by atoms with Gasteiger partial charge in [0, 0.05) is 0 Å². The second-order valence-electron chi connectivity index (χ2n) is 4.77. The number of hydrogen-bond donors (Lipinski definition) is 5. The third-order valence-electron chi connectivity index (χ3n) is 3.23. The second-order valence-corrected chi connectivity index (χ2v) is 5.98. The Labute approximate surface area is 118 Å². The molecular formula is C12H25NO5S. The third kappa shape index (κ3) is 5.18. The highest BCUT2D eigenvalue weighted by atomic mass is 32.2. The van der Waals surface area contributed by atoms with Crippen LogP contribution in [0.2, 0.25) is 0 Å². The molecule has 114 valence electrons. The molecular weight excluding hydrogens is 270 g/mol. The maximum Gasteiger partial charge on any atom is 0.132 e. The van der Waals surface area contributed by atoms with Gasteiger partial charge in [-0.25, -0.2) is 0 Å². The van der Waals surface area contributed by atoms with Crippen LogP contribution in [0, 0.1) is 0 Å². The van der Waals surface area contributed by atoms with Crippen LogP contribution in [0.15, 0.2) is 0 Å². The summed E-state index contributed by atoms with van der Waals surface area (Å²) in [5, 5.41) is 38.1. The van der Waals surface area contributed by atoms with Crippen molar-refractivity contribution in [2.45, 2.75) is 55.5 Å². The lowest BCUT2D eigenvalue weighted by molar-refractivity contribution is -0.205. The van der Waals surface area contributed by atoms with Crippen molar-refractivity contribution >= 4 is 11.8 Å². The Hall–Kier alpha value is 0.110. The van der Waals surface area contributed by atoms with Crippen LogP contribution in [0.3, 0.4) is 0 Å². The van der Waals surface area contributed by atoms with Crippen LogP contribution >= 0.6 is 11.8 Å². The molecule has 0 aliphatic carbocycles. The number of aliphatic hydroxyl groups excluding tert-OH is 4. The van der Waals surface area contributed by atoms with Gasteiger partial charge in [0.2, 0.25) is 0 Å². The predicted molar refractivity (Wildman–Crippen MR) is 73.7 cm³/mol. The van der Waals surface area contributed by atoms with Gasteiger partial charge in [0.25, 0.3) is 0 Å². The third-order valence-corrected chi connectivity index (χ3v) is 4.47. The van der Waals surface area contributed by atoms with Gasteiger partial charge in [-0.05, 0) is 25.1 Å². The van der Waals surface area contributed by atoms with Crippen LogP contribution in [0.25, 0.3) is 0 Å². The lowest BCUT2D eigenvalue weighted by Crippen LogP contribution is -2.57. The molecule has 6 N–H and O–H groups in total. The fourth-order valence-corrected chi connectivity index (χ4v) is 3.19. The highest BCUT2D eigenvalue weighted by Crippen LogP contribution is 2.29. The molecule has 0 aromatic heterocycles. The maximum atomic E-state index is 9.81. The van der Waals surface area contributed by atoms with Gasteiger partial charge in [0.1, 0.15) is 29.9 Å². The largest absolute Gasteiger partial charge is 0.394 e. The topological polar surface area (TPSA) is 116 Å². The van der Waals surface area contributed by atoms with Crippen molar-refractivity contribution in [1.29, 1.82) is 0 Å². The molecule has 0 aromatic carbocycles. The van der Waals surface area contributed by atoms with E-state index in [-0.39, 0.29) is 6.61 Å². The molecule has 1 heterocycles. The molecule has 0 spiro atoms. The number of hydrogen-bond acceptors (Lipinski definition) is 7. The van der Waals surface area contributed by atoms with Crippen LogP contribution in [-0.2, 0) is 4.74 Å². The summed E-state index contributed by atoms with van der Waals surface area (Å²) >= 11 is 1.40. The predicted octanol–water partition coefficient (Wildman–Crippen LogP) is -0.961. The van der Waals surface area contributed by atoms with Crippen LogP contribution in [0.4, 0.5) is 0 Å². The summed E-state index contributed by atoms with van der Waals surface area (Å²) in [4.78, 5) is 0. The fraction of sp³-hybridized carbons (Fsp3) is 1.00. The zero-order valence-corrected chi connectivity index (χ0v) is 11.8. The Balaban J connectivity index is 2.28. The molecule has 1 aliphatic heterocycles.